The Bertz CT molecular complexity index is 738. The Morgan fingerprint density at radius 1 is 1.00 bits per heavy atom. The summed E-state index contributed by atoms with van der Waals surface area (Å²) in [7, 11) is 0. The molecule has 3 aromatic rings. The second-order valence-electron chi connectivity index (χ2n) is 4.68. The summed E-state index contributed by atoms with van der Waals surface area (Å²) in [6.45, 7) is 0. The molecule has 0 bridgehead atoms. The highest BCUT2D eigenvalue weighted by Crippen LogP contribution is 2.16. The van der Waals surface area contributed by atoms with Gasteiger partial charge in [0.05, 0.1) is 0 Å². The summed E-state index contributed by atoms with van der Waals surface area (Å²) in [4.78, 5) is 20.5. The van der Waals surface area contributed by atoms with Crippen LogP contribution in [0.3, 0.4) is 0 Å². The van der Waals surface area contributed by atoms with E-state index >= 15 is 0 Å². The van der Waals surface area contributed by atoms with Gasteiger partial charge >= 0.3 is 0 Å². The number of hydrogen-bond donors (Lipinski definition) is 0. The number of benzene rings is 1. The van der Waals surface area contributed by atoms with E-state index in [0.717, 1.165) is 22.0 Å². The third-order valence-electron chi connectivity index (χ3n) is 3.30. The van der Waals surface area contributed by atoms with E-state index in [-0.39, 0.29) is 5.78 Å². The van der Waals surface area contributed by atoms with Crippen molar-refractivity contribution in [3.8, 4) is 0 Å². The maximum absolute atomic E-state index is 12.2. The monoisotopic (exact) mass is 262 g/mol. The van der Waals surface area contributed by atoms with Gasteiger partial charge in [0.1, 0.15) is 0 Å². The van der Waals surface area contributed by atoms with Crippen molar-refractivity contribution in [1.82, 2.24) is 9.97 Å². The number of fused-ring (bicyclic) bond motifs is 1. The third kappa shape index (κ3) is 2.72. The Hall–Kier alpha value is -2.55. The van der Waals surface area contributed by atoms with Crippen molar-refractivity contribution in [2.75, 3.05) is 0 Å². The lowest BCUT2D eigenvalue weighted by Crippen LogP contribution is -2.02. The molecule has 0 saturated heterocycles. The van der Waals surface area contributed by atoms with E-state index < -0.39 is 0 Å². The molecule has 1 aromatic carbocycles. The van der Waals surface area contributed by atoms with Gasteiger partial charge in [0.2, 0.25) is 0 Å². The Morgan fingerprint density at radius 3 is 2.80 bits per heavy atom. The summed E-state index contributed by atoms with van der Waals surface area (Å²) in [5.41, 5.74) is 1.70. The summed E-state index contributed by atoms with van der Waals surface area (Å²) in [6, 6.07) is 13.4. The second-order valence-corrected chi connectivity index (χ2v) is 4.68. The zero-order valence-corrected chi connectivity index (χ0v) is 11.0. The molecule has 20 heavy (non-hydrogen) atoms. The first-order valence-corrected chi connectivity index (χ1v) is 6.60. The summed E-state index contributed by atoms with van der Waals surface area (Å²) >= 11 is 0. The van der Waals surface area contributed by atoms with Crippen LogP contribution in [-0.2, 0) is 6.42 Å². The summed E-state index contributed by atoms with van der Waals surface area (Å²) in [5, 5.41) is 2.09. The van der Waals surface area contributed by atoms with Crippen LogP contribution in [0.15, 0.2) is 61.1 Å². The van der Waals surface area contributed by atoms with Crippen LogP contribution in [0.5, 0.6) is 0 Å². The van der Waals surface area contributed by atoms with E-state index in [9.17, 15) is 4.79 Å². The van der Waals surface area contributed by atoms with E-state index in [1.807, 2.05) is 42.5 Å². The number of pyridine rings is 2. The number of ketones is 1. The fourth-order valence-electron chi connectivity index (χ4n) is 2.19. The molecule has 0 N–H and O–H groups in total. The number of nitrogens with zero attached hydrogens (tertiary/aromatic N) is 2. The summed E-state index contributed by atoms with van der Waals surface area (Å²) in [5.74, 6) is 0.148. The highest BCUT2D eigenvalue weighted by molar-refractivity contribution is 5.99. The number of carbonyl (C=O) groups excluding carboxylic acids is 1. The van der Waals surface area contributed by atoms with Gasteiger partial charge in [-0.15, -0.1) is 0 Å². The summed E-state index contributed by atoms with van der Waals surface area (Å²) < 4.78 is 0. The minimum atomic E-state index is 0.148. The molecule has 3 rings (SSSR count). The van der Waals surface area contributed by atoms with Gasteiger partial charge in [-0.3, -0.25) is 14.8 Å². The topological polar surface area (TPSA) is 42.9 Å². The molecule has 0 spiro atoms. The Balaban J connectivity index is 1.75. The number of aromatic nitrogens is 2. The molecular weight excluding hydrogens is 248 g/mol. The number of aryl methyl sites for hydroxylation is 1. The lowest BCUT2D eigenvalue weighted by Gasteiger charge is -2.03. The minimum absolute atomic E-state index is 0.148. The van der Waals surface area contributed by atoms with Crippen LogP contribution >= 0.6 is 0 Å². The fourth-order valence-corrected chi connectivity index (χ4v) is 2.19. The van der Waals surface area contributed by atoms with Crippen LogP contribution < -0.4 is 0 Å². The average Bonchev–Trinajstić information content (AvgIpc) is 2.53. The highest BCUT2D eigenvalue weighted by atomic mass is 16.1. The number of hydrogen-bond acceptors (Lipinski definition) is 3. The maximum atomic E-state index is 12.2. The predicted molar refractivity (Wildman–Crippen MR) is 78.6 cm³/mol. The molecule has 0 aliphatic carbocycles. The molecule has 0 radical (unpaired) electrons. The Labute approximate surface area is 117 Å². The van der Waals surface area contributed by atoms with Gasteiger partial charge in [0.25, 0.3) is 0 Å². The molecule has 0 atom stereocenters. The van der Waals surface area contributed by atoms with E-state index in [1.165, 1.54) is 0 Å². The Morgan fingerprint density at radius 2 is 1.95 bits per heavy atom. The number of Topliss-reactive ketones (excluding diaryl/α,β-unsaturated/α-hetero) is 1. The predicted octanol–water partition coefficient (Wildman–Crippen LogP) is 3.45. The maximum Gasteiger partial charge on any atom is 0.163 e. The van der Waals surface area contributed by atoms with E-state index in [4.69, 9.17) is 0 Å². The van der Waals surface area contributed by atoms with E-state index in [2.05, 4.69) is 9.97 Å². The highest BCUT2D eigenvalue weighted by Gasteiger charge is 2.07. The molecule has 0 fully saturated rings. The molecule has 0 aliphatic heterocycles. The lowest BCUT2D eigenvalue weighted by atomic mass is 10.0. The van der Waals surface area contributed by atoms with Crippen LogP contribution in [-0.4, -0.2) is 15.8 Å². The minimum Gasteiger partial charge on any atom is -0.294 e. The van der Waals surface area contributed by atoms with Gasteiger partial charge in [-0.25, -0.2) is 0 Å². The van der Waals surface area contributed by atoms with Crippen molar-refractivity contribution < 1.29 is 4.79 Å². The molecule has 0 aliphatic rings. The van der Waals surface area contributed by atoms with Crippen molar-refractivity contribution in [3.05, 3.63) is 72.3 Å². The van der Waals surface area contributed by atoms with Crippen LogP contribution in [0, 0.1) is 0 Å². The van der Waals surface area contributed by atoms with Crippen LogP contribution in [0.2, 0.25) is 0 Å². The first-order chi connectivity index (χ1) is 9.83. The van der Waals surface area contributed by atoms with Gasteiger partial charge in [-0.2, -0.15) is 0 Å². The molecule has 0 saturated carbocycles. The van der Waals surface area contributed by atoms with Crippen LogP contribution in [0.25, 0.3) is 10.8 Å². The Kier molecular flexibility index (Phi) is 3.50. The molecular formula is C17H14N2O. The quantitative estimate of drug-likeness (QED) is 0.676. The van der Waals surface area contributed by atoms with Crippen LogP contribution in [0.4, 0.5) is 0 Å². The van der Waals surface area contributed by atoms with Gasteiger partial charge < -0.3 is 0 Å². The SMILES string of the molecule is O=C(CCc1ccccn1)c1ccc2cnccc2c1. The van der Waals surface area contributed by atoms with Crippen molar-refractivity contribution >= 4 is 16.6 Å². The van der Waals surface area contributed by atoms with Crippen molar-refractivity contribution in [1.29, 1.82) is 0 Å². The lowest BCUT2D eigenvalue weighted by molar-refractivity contribution is 0.0982. The normalized spacial score (nSPS) is 10.6. The molecule has 98 valence electrons. The number of rotatable bonds is 4. The van der Waals surface area contributed by atoms with Gasteiger partial charge in [0, 0.05) is 41.7 Å². The standard InChI is InChI=1S/C17H14N2O/c20-17(7-6-16-3-1-2-9-19-16)14-4-5-15-12-18-10-8-13(15)11-14/h1-5,8-12H,6-7H2. The first-order valence-electron chi connectivity index (χ1n) is 6.60. The molecule has 2 aromatic heterocycles. The smallest absolute Gasteiger partial charge is 0.163 e. The summed E-state index contributed by atoms with van der Waals surface area (Å²) in [6.07, 6.45) is 6.45. The van der Waals surface area contributed by atoms with Crippen molar-refractivity contribution in [3.63, 3.8) is 0 Å². The molecule has 0 amide bonds. The van der Waals surface area contributed by atoms with Gasteiger partial charge in [-0.1, -0.05) is 18.2 Å². The average molecular weight is 262 g/mol. The molecule has 3 nitrogen and oxygen atoms in total. The van der Waals surface area contributed by atoms with Gasteiger partial charge in [-0.05, 0) is 36.1 Å². The largest absolute Gasteiger partial charge is 0.294 e. The second kappa shape index (κ2) is 5.61. The first kappa shape index (κ1) is 12.5. The molecule has 0 unspecified atom stereocenters. The van der Waals surface area contributed by atoms with Crippen molar-refractivity contribution in [2.24, 2.45) is 0 Å². The molecule has 3 heteroatoms. The zero-order valence-electron chi connectivity index (χ0n) is 11.0. The van der Waals surface area contributed by atoms with E-state index in [0.29, 0.717) is 12.8 Å². The third-order valence-corrected chi connectivity index (χ3v) is 3.30. The zero-order chi connectivity index (χ0) is 13.8. The van der Waals surface area contributed by atoms with Gasteiger partial charge in [0.15, 0.2) is 5.78 Å². The van der Waals surface area contributed by atoms with Crippen LogP contribution in [0.1, 0.15) is 22.5 Å². The van der Waals surface area contributed by atoms with E-state index in [1.54, 1.807) is 18.6 Å². The molecule has 2 heterocycles. The number of carbonyl (C=O) groups is 1. The fraction of sp³-hybridized carbons (Fsp3) is 0.118. The van der Waals surface area contributed by atoms with Crippen molar-refractivity contribution in [2.45, 2.75) is 12.8 Å².